The van der Waals surface area contributed by atoms with Crippen LogP contribution in [0.15, 0.2) is 18.6 Å². The van der Waals surface area contributed by atoms with Crippen molar-refractivity contribution in [3.05, 3.63) is 30.1 Å². The van der Waals surface area contributed by atoms with Gasteiger partial charge in [0, 0.05) is 25.6 Å². The molecule has 4 N–H and O–H groups in total. The summed E-state index contributed by atoms with van der Waals surface area (Å²) in [6.07, 6.45) is 4.90. The van der Waals surface area contributed by atoms with Crippen molar-refractivity contribution in [2.45, 2.75) is 6.54 Å². The quantitative estimate of drug-likeness (QED) is 0.658. The van der Waals surface area contributed by atoms with Crippen LogP contribution >= 0.6 is 0 Å². The third-order valence-corrected chi connectivity index (χ3v) is 2.04. The van der Waals surface area contributed by atoms with Crippen LogP contribution in [0.1, 0.15) is 16.3 Å². The van der Waals surface area contributed by atoms with Crippen molar-refractivity contribution < 1.29 is 4.79 Å². The van der Waals surface area contributed by atoms with Crippen LogP contribution in [0.2, 0.25) is 0 Å². The van der Waals surface area contributed by atoms with E-state index in [1.54, 1.807) is 25.6 Å². The second-order valence-electron chi connectivity index (χ2n) is 3.33. The van der Waals surface area contributed by atoms with Crippen molar-refractivity contribution in [3.8, 4) is 0 Å². The molecule has 2 heterocycles. The van der Waals surface area contributed by atoms with Gasteiger partial charge in [-0.05, 0) is 0 Å². The molecule has 2 rings (SSSR count). The molecule has 2 aromatic heterocycles. The van der Waals surface area contributed by atoms with Gasteiger partial charge in [-0.25, -0.2) is 4.98 Å². The number of carbonyl (C=O) groups is 1. The van der Waals surface area contributed by atoms with Crippen molar-refractivity contribution in [1.29, 1.82) is 0 Å². The molecule has 0 saturated heterocycles. The van der Waals surface area contributed by atoms with Crippen molar-refractivity contribution in [2.24, 2.45) is 7.05 Å². The zero-order valence-electron chi connectivity index (χ0n) is 8.77. The molecule has 0 aliphatic heterocycles. The maximum Gasteiger partial charge on any atom is 0.274 e. The second kappa shape index (κ2) is 4.05. The minimum atomic E-state index is -0.311. The number of rotatable bonds is 3. The van der Waals surface area contributed by atoms with E-state index in [2.05, 4.69) is 20.4 Å². The molecule has 0 unspecified atom stereocenters. The molecular formula is C9H12N6O. The Bertz CT molecular complexity index is 486. The molecule has 16 heavy (non-hydrogen) atoms. The number of anilines is 1. The van der Waals surface area contributed by atoms with Gasteiger partial charge in [0.25, 0.3) is 5.91 Å². The third-order valence-electron chi connectivity index (χ3n) is 2.04. The Labute approximate surface area is 91.7 Å². The molecule has 0 spiro atoms. The van der Waals surface area contributed by atoms with Crippen molar-refractivity contribution in [3.63, 3.8) is 0 Å². The van der Waals surface area contributed by atoms with Gasteiger partial charge in [0.05, 0.1) is 12.2 Å². The van der Waals surface area contributed by atoms with E-state index in [0.717, 1.165) is 0 Å². The van der Waals surface area contributed by atoms with E-state index in [-0.39, 0.29) is 11.6 Å². The Morgan fingerprint density at radius 2 is 2.50 bits per heavy atom. The number of nitrogen functional groups attached to an aromatic ring is 1. The molecule has 0 aromatic carbocycles. The summed E-state index contributed by atoms with van der Waals surface area (Å²) in [6, 6.07) is 0. The number of nitrogens with one attached hydrogen (secondary N) is 2. The van der Waals surface area contributed by atoms with Gasteiger partial charge in [-0.1, -0.05) is 0 Å². The van der Waals surface area contributed by atoms with Gasteiger partial charge in [0.1, 0.15) is 5.82 Å². The number of hydrogen-bond donors (Lipinski definition) is 3. The first-order valence-electron chi connectivity index (χ1n) is 4.72. The first kappa shape index (κ1) is 10.2. The van der Waals surface area contributed by atoms with Gasteiger partial charge >= 0.3 is 0 Å². The average molecular weight is 220 g/mol. The summed E-state index contributed by atoms with van der Waals surface area (Å²) in [4.78, 5) is 18.5. The zero-order valence-corrected chi connectivity index (χ0v) is 8.77. The molecule has 0 radical (unpaired) electrons. The molecule has 0 fully saturated rings. The zero-order chi connectivity index (χ0) is 11.5. The summed E-state index contributed by atoms with van der Waals surface area (Å²) in [6.45, 7) is 0.321. The van der Waals surface area contributed by atoms with E-state index in [9.17, 15) is 4.79 Å². The van der Waals surface area contributed by atoms with Gasteiger partial charge in [-0.3, -0.25) is 9.48 Å². The molecule has 7 heteroatoms. The number of aromatic amines is 1. The topological polar surface area (TPSA) is 102 Å². The fourth-order valence-electron chi connectivity index (χ4n) is 1.33. The predicted molar refractivity (Wildman–Crippen MR) is 57.4 cm³/mol. The maximum absolute atomic E-state index is 11.7. The normalized spacial score (nSPS) is 10.3. The van der Waals surface area contributed by atoms with E-state index < -0.39 is 0 Å². The fraction of sp³-hybridized carbons (Fsp3) is 0.222. The van der Waals surface area contributed by atoms with E-state index >= 15 is 0 Å². The number of nitrogens with two attached hydrogens (primary N) is 1. The summed E-state index contributed by atoms with van der Waals surface area (Å²) in [5, 5.41) is 6.63. The first-order valence-corrected chi connectivity index (χ1v) is 4.72. The lowest BCUT2D eigenvalue weighted by Crippen LogP contribution is -2.24. The van der Waals surface area contributed by atoms with Gasteiger partial charge in [0.15, 0.2) is 5.69 Å². The van der Waals surface area contributed by atoms with Crippen LogP contribution in [0, 0.1) is 0 Å². The lowest BCUT2D eigenvalue weighted by atomic mass is 10.3. The number of carbonyl (C=O) groups excluding carboxylic acids is 1. The average Bonchev–Trinajstić information content (AvgIpc) is 2.84. The number of amides is 1. The highest BCUT2D eigenvalue weighted by molar-refractivity contribution is 5.96. The summed E-state index contributed by atoms with van der Waals surface area (Å²) in [7, 11) is 1.71. The lowest BCUT2D eigenvalue weighted by Gasteiger charge is -2.00. The third kappa shape index (κ3) is 2.02. The largest absolute Gasteiger partial charge is 0.396 e. The highest BCUT2D eigenvalue weighted by atomic mass is 16.2. The number of H-pyrrole nitrogens is 1. The lowest BCUT2D eigenvalue weighted by molar-refractivity contribution is 0.0945. The molecule has 0 atom stereocenters. The Morgan fingerprint density at radius 3 is 3.06 bits per heavy atom. The van der Waals surface area contributed by atoms with E-state index in [1.165, 1.54) is 4.68 Å². The summed E-state index contributed by atoms with van der Waals surface area (Å²) in [5.74, 6) is 0.373. The van der Waals surface area contributed by atoms with Crippen LogP contribution in [0.3, 0.4) is 0 Å². The summed E-state index contributed by atoms with van der Waals surface area (Å²) < 4.78 is 1.50. The molecule has 1 amide bonds. The summed E-state index contributed by atoms with van der Waals surface area (Å²) >= 11 is 0. The van der Waals surface area contributed by atoms with E-state index in [4.69, 9.17) is 5.73 Å². The number of hydrogen-bond acceptors (Lipinski definition) is 4. The van der Waals surface area contributed by atoms with Gasteiger partial charge in [-0.15, -0.1) is 0 Å². The van der Waals surface area contributed by atoms with Crippen LogP contribution in [0.5, 0.6) is 0 Å². The molecule has 0 bridgehead atoms. The molecule has 7 nitrogen and oxygen atoms in total. The van der Waals surface area contributed by atoms with Crippen LogP contribution in [-0.4, -0.2) is 25.7 Å². The number of imidazole rings is 1. The fourth-order valence-corrected chi connectivity index (χ4v) is 1.33. The highest BCUT2D eigenvalue weighted by Crippen LogP contribution is 2.07. The Hall–Kier alpha value is -2.31. The van der Waals surface area contributed by atoms with Gasteiger partial charge < -0.3 is 16.0 Å². The smallest absolute Gasteiger partial charge is 0.274 e. The summed E-state index contributed by atoms with van der Waals surface area (Å²) in [5.41, 5.74) is 6.21. The Kier molecular flexibility index (Phi) is 2.59. The molecular weight excluding hydrogens is 208 g/mol. The molecule has 84 valence electrons. The molecule has 0 aliphatic rings. The van der Waals surface area contributed by atoms with Crippen LogP contribution in [0.25, 0.3) is 0 Å². The van der Waals surface area contributed by atoms with Crippen molar-refractivity contribution in [2.75, 3.05) is 5.73 Å². The number of nitrogens with zero attached hydrogens (tertiary/aromatic N) is 3. The minimum absolute atomic E-state index is 0.231. The Balaban J connectivity index is 2.01. The van der Waals surface area contributed by atoms with Gasteiger partial charge in [-0.2, -0.15) is 5.10 Å². The highest BCUT2D eigenvalue weighted by Gasteiger charge is 2.13. The van der Waals surface area contributed by atoms with Crippen LogP contribution in [-0.2, 0) is 13.6 Å². The van der Waals surface area contributed by atoms with Gasteiger partial charge in [0.2, 0.25) is 0 Å². The first-order chi connectivity index (χ1) is 7.66. The molecule has 2 aromatic rings. The van der Waals surface area contributed by atoms with Crippen molar-refractivity contribution in [1.82, 2.24) is 25.1 Å². The number of aryl methyl sites for hydroxylation is 1. The standard InChI is InChI=1S/C9H12N6O/c1-15-5-6(10)8(14-15)9(16)13-4-7-11-2-3-12-7/h2-3,5H,4,10H2,1H3,(H,11,12)(H,13,16). The van der Waals surface area contributed by atoms with E-state index in [1.807, 2.05) is 0 Å². The predicted octanol–water partition coefficient (Wildman–Crippen LogP) is -0.345. The molecule has 0 aliphatic carbocycles. The second-order valence-corrected chi connectivity index (χ2v) is 3.33. The minimum Gasteiger partial charge on any atom is -0.396 e. The van der Waals surface area contributed by atoms with E-state index in [0.29, 0.717) is 18.1 Å². The SMILES string of the molecule is Cn1cc(N)c(C(=O)NCc2ncc[nH]2)n1. The Morgan fingerprint density at radius 1 is 1.69 bits per heavy atom. The number of aromatic nitrogens is 4. The van der Waals surface area contributed by atoms with Crippen LogP contribution < -0.4 is 11.1 Å². The van der Waals surface area contributed by atoms with Crippen LogP contribution in [0.4, 0.5) is 5.69 Å². The van der Waals surface area contributed by atoms with Crippen molar-refractivity contribution >= 4 is 11.6 Å². The molecule has 0 saturated carbocycles. The maximum atomic E-state index is 11.7. The monoisotopic (exact) mass is 220 g/mol.